The molecule has 0 N–H and O–H groups in total. The van der Waals surface area contributed by atoms with E-state index in [0.717, 1.165) is 6.54 Å². The van der Waals surface area contributed by atoms with E-state index in [1.807, 2.05) is 11.9 Å². The van der Waals surface area contributed by atoms with E-state index in [1.165, 1.54) is 0 Å². The molecule has 2 nitrogen and oxygen atoms in total. The fraction of sp³-hybridized carbons (Fsp3) is 1.00. The summed E-state index contributed by atoms with van der Waals surface area (Å²) in [5.74, 6) is 0. The van der Waals surface area contributed by atoms with Gasteiger partial charge in [-0.05, 0) is 7.05 Å². The monoisotopic (exact) mass is 133 g/mol. The SMILES string of the molecule is COC1CN(C)CC1F. The Bertz CT molecular complexity index is 99.1. The summed E-state index contributed by atoms with van der Waals surface area (Å²) in [6.45, 7) is 1.23. The van der Waals surface area contributed by atoms with Crippen LogP contribution in [-0.2, 0) is 4.74 Å². The highest BCUT2D eigenvalue weighted by Gasteiger charge is 2.30. The first-order chi connectivity index (χ1) is 4.24. The van der Waals surface area contributed by atoms with Gasteiger partial charge in [0.2, 0.25) is 0 Å². The molecule has 0 aromatic rings. The Labute approximate surface area is 54.6 Å². The molecule has 54 valence electrons. The Morgan fingerprint density at radius 2 is 2.22 bits per heavy atom. The third-order valence-corrected chi connectivity index (χ3v) is 1.68. The zero-order valence-electron chi connectivity index (χ0n) is 5.80. The van der Waals surface area contributed by atoms with Gasteiger partial charge in [-0.15, -0.1) is 0 Å². The van der Waals surface area contributed by atoms with E-state index >= 15 is 0 Å². The van der Waals surface area contributed by atoms with Crippen LogP contribution in [0.25, 0.3) is 0 Å². The van der Waals surface area contributed by atoms with Gasteiger partial charge in [0, 0.05) is 20.2 Å². The van der Waals surface area contributed by atoms with Crippen LogP contribution in [0.2, 0.25) is 0 Å². The number of rotatable bonds is 1. The molecule has 1 heterocycles. The summed E-state index contributed by atoms with van der Waals surface area (Å²) < 4.78 is 17.5. The maximum atomic E-state index is 12.7. The molecule has 0 aromatic carbocycles. The first-order valence-electron chi connectivity index (χ1n) is 3.09. The van der Waals surface area contributed by atoms with Crippen molar-refractivity contribution in [2.45, 2.75) is 12.3 Å². The Morgan fingerprint density at radius 1 is 1.56 bits per heavy atom. The van der Waals surface area contributed by atoms with Crippen molar-refractivity contribution in [2.75, 3.05) is 27.2 Å². The highest BCUT2D eigenvalue weighted by Crippen LogP contribution is 2.13. The van der Waals surface area contributed by atoms with Crippen LogP contribution >= 0.6 is 0 Å². The molecular formula is C6H12FNO. The number of ether oxygens (including phenoxy) is 1. The molecule has 0 bridgehead atoms. The van der Waals surface area contributed by atoms with Gasteiger partial charge in [0.05, 0.1) is 0 Å². The Balaban J connectivity index is 2.38. The second kappa shape index (κ2) is 2.62. The summed E-state index contributed by atoms with van der Waals surface area (Å²) in [6, 6.07) is 0. The van der Waals surface area contributed by atoms with Crippen LogP contribution < -0.4 is 0 Å². The van der Waals surface area contributed by atoms with Gasteiger partial charge in [0.15, 0.2) is 0 Å². The van der Waals surface area contributed by atoms with Gasteiger partial charge in [-0.2, -0.15) is 0 Å². The second-order valence-electron chi connectivity index (χ2n) is 2.51. The fourth-order valence-corrected chi connectivity index (χ4v) is 1.13. The third-order valence-electron chi connectivity index (χ3n) is 1.68. The van der Waals surface area contributed by atoms with Crippen LogP contribution in [0, 0.1) is 0 Å². The molecule has 1 fully saturated rings. The van der Waals surface area contributed by atoms with Gasteiger partial charge in [0.25, 0.3) is 0 Å². The smallest absolute Gasteiger partial charge is 0.140 e. The van der Waals surface area contributed by atoms with E-state index in [0.29, 0.717) is 6.54 Å². The lowest BCUT2D eigenvalue weighted by molar-refractivity contribution is 0.0629. The standard InChI is InChI=1S/C6H12FNO/c1-8-3-5(7)6(4-8)9-2/h5-6H,3-4H2,1-2H3. The van der Waals surface area contributed by atoms with Crippen molar-refractivity contribution in [1.82, 2.24) is 4.90 Å². The van der Waals surface area contributed by atoms with Gasteiger partial charge in [-0.25, -0.2) is 4.39 Å². The molecule has 0 aromatic heterocycles. The van der Waals surface area contributed by atoms with Gasteiger partial charge in [0.1, 0.15) is 12.3 Å². The number of hydrogen-bond donors (Lipinski definition) is 0. The Morgan fingerprint density at radius 3 is 2.44 bits per heavy atom. The van der Waals surface area contributed by atoms with Crippen molar-refractivity contribution in [3.05, 3.63) is 0 Å². The lowest BCUT2D eigenvalue weighted by Crippen LogP contribution is -2.21. The average Bonchev–Trinajstić information content (AvgIpc) is 2.10. The van der Waals surface area contributed by atoms with Crippen LogP contribution in [0.5, 0.6) is 0 Å². The molecule has 0 saturated carbocycles. The van der Waals surface area contributed by atoms with Crippen molar-refractivity contribution in [3.8, 4) is 0 Å². The minimum Gasteiger partial charge on any atom is -0.377 e. The minimum absolute atomic E-state index is 0.199. The summed E-state index contributed by atoms with van der Waals surface area (Å²) >= 11 is 0. The molecule has 2 atom stereocenters. The molecule has 0 amide bonds. The lowest BCUT2D eigenvalue weighted by atomic mass is 10.3. The fourth-order valence-electron chi connectivity index (χ4n) is 1.13. The van der Waals surface area contributed by atoms with Gasteiger partial charge in [-0.3, -0.25) is 0 Å². The largest absolute Gasteiger partial charge is 0.377 e. The third kappa shape index (κ3) is 1.40. The van der Waals surface area contributed by atoms with Crippen molar-refractivity contribution in [3.63, 3.8) is 0 Å². The molecule has 1 aliphatic rings. The summed E-state index contributed by atoms with van der Waals surface area (Å²) in [5.41, 5.74) is 0. The number of halogens is 1. The van der Waals surface area contributed by atoms with E-state index in [1.54, 1.807) is 7.11 Å². The Hall–Kier alpha value is -0.150. The van der Waals surface area contributed by atoms with E-state index in [2.05, 4.69) is 0 Å². The molecule has 2 unspecified atom stereocenters. The maximum absolute atomic E-state index is 12.7. The molecule has 1 saturated heterocycles. The quantitative estimate of drug-likeness (QED) is 0.509. The van der Waals surface area contributed by atoms with Crippen molar-refractivity contribution < 1.29 is 9.13 Å². The molecule has 0 spiro atoms. The van der Waals surface area contributed by atoms with Gasteiger partial charge < -0.3 is 9.64 Å². The van der Waals surface area contributed by atoms with Gasteiger partial charge in [-0.1, -0.05) is 0 Å². The second-order valence-corrected chi connectivity index (χ2v) is 2.51. The van der Waals surface area contributed by atoms with Crippen LogP contribution in [0.1, 0.15) is 0 Å². The highest BCUT2D eigenvalue weighted by molar-refractivity contribution is 4.82. The molecule has 1 rings (SSSR count). The van der Waals surface area contributed by atoms with Crippen molar-refractivity contribution in [2.24, 2.45) is 0 Å². The van der Waals surface area contributed by atoms with E-state index in [9.17, 15) is 4.39 Å². The van der Waals surface area contributed by atoms with E-state index in [-0.39, 0.29) is 6.10 Å². The zero-order valence-corrected chi connectivity index (χ0v) is 5.80. The molecule has 0 aliphatic carbocycles. The highest BCUT2D eigenvalue weighted by atomic mass is 19.1. The molecule has 0 radical (unpaired) electrons. The summed E-state index contributed by atoms with van der Waals surface area (Å²) in [4.78, 5) is 1.93. The van der Waals surface area contributed by atoms with Crippen molar-refractivity contribution in [1.29, 1.82) is 0 Å². The number of methoxy groups -OCH3 is 1. The molecule has 3 heteroatoms. The number of nitrogens with zero attached hydrogens (tertiary/aromatic N) is 1. The minimum atomic E-state index is -0.792. The number of alkyl halides is 1. The number of hydrogen-bond acceptors (Lipinski definition) is 2. The summed E-state index contributed by atoms with van der Waals surface area (Å²) in [6.07, 6.45) is -0.991. The topological polar surface area (TPSA) is 12.5 Å². The predicted molar refractivity (Wildman–Crippen MR) is 33.2 cm³/mol. The number of likely N-dealkylation sites (tertiary alicyclic amines) is 1. The molecule has 9 heavy (non-hydrogen) atoms. The normalized spacial score (nSPS) is 37.7. The maximum Gasteiger partial charge on any atom is 0.140 e. The Kier molecular flexibility index (Phi) is 2.03. The number of likely N-dealkylation sites (N-methyl/N-ethyl adjacent to an activating group) is 1. The summed E-state index contributed by atoms with van der Waals surface area (Å²) in [5, 5.41) is 0. The first kappa shape index (κ1) is 6.96. The van der Waals surface area contributed by atoms with Gasteiger partial charge >= 0.3 is 0 Å². The average molecular weight is 133 g/mol. The van der Waals surface area contributed by atoms with Crippen LogP contribution in [0.15, 0.2) is 0 Å². The van der Waals surface area contributed by atoms with E-state index in [4.69, 9.17) is 4.74 Å². The predicted octanol–water partition coefficient (Wildman–Crippen LogP) is 0.285. The van der Waals surface area contributed by atoms with E-state index < -0.39 is 6.17 Å². The zero-order chi connectivity index (χ0) is 6.85. The van der Waals surface area contributed by atoms with Crippen molar-refractivity contribution >= 4 is 0 Å². The first-order valence-corrected chi connectivity index (χ1v) is 3.09. The summed E-state index contributed by atoms with van der Waals surface area (Å²) in [7, 11) is 3.45. The van der Waals surface area contributed by atoms with Crippen LogP contribution in [0.3, 0.4) is 0 Å². The van der Waals surface area contributed by atoms with Crippen LogP contribution in [0.4, 0.5) is 4.39 Å². The molecule has 1 aliphatic heterocycles. The molecular weight excluding hydrogens is 121 g/mol. The van der Waals surface area contributed by atoms with Crippen LogP contribution in [-0.4, -0.2) is 44.4 Å². The lowest BCUT2D eigenvalue weighted by Gasteiger charge is -2.07.